The third kappa shape index (κ3) is 3.94. The molecule has 0 atom stereocenters. The van der Waals surface area contributed by atoms with Crippen molar-refractivity contribution in [1.82, 2.24) is 10.2 Å². The van der Waals surface area contributed by atoms with E-state index >= 15 is 0 Å². The summed E-state index contributed by atoms with van der Waals surface area (Å²) < 4.78 is 5.60. The number of nitrogens with one attached hydrogen (secondary N) is 1. The van der Waals surface area contributed by atoms with E-state index in [2.05, 4.69) is 15.5 Å². The molecule has 1 N–H and O–H groups in total. The largest absolute Gasteiger partial charge is 0.403 e. The second kappa shape index (κ2) is 8.06. The zero-order valence-electron chi connectivity index (χ0n) is 14.7. The molecule has 138 valence electrons. The summed E-state index contributed by atoms with van der Waals surface area (Å²) in [7, 11) is 0. The highest BCUT2D eigenvalue weighted by Crippen LogP contribution is 2.27. The molecule has 0 saturated heterocycles. The van der Waals surface area contributed by atoms with Crippen molar-refractivity contribution in [2.75, 3.05) is 5.32 Å². The molecule has 6 heteroatoms. The van der Waals surface area contributed by atoms with E-state index in [1.54, 1.807) is 24.3 Å². The number of amides is 1. The Labute approximate surface area is 167 Å². The van der Waals surface area contributed by atoms with Crippen LogP contribution in [0, 0.1) is 0 Å². The van der Waals surface area contributed by atoms with E-state index in [1.807, 2.05) is 60.7 Å². The van der Waals surface area contributed by atoms with Gasteiger partial charge in [-0.25, -0.2) is 0 Å². The van der Waals surface area contributed by atoms with E-state index in [4.69, 9.17) is 16.0 Å². The molecule has 4 rings (SSSR count). The highest BCUT2D eigenvalue weighted by Gasteiger charge is 2.24. The molecule has 0 unspecified atom stereocenters. The Kier molecular flexibility index (Phi) is 5.17. The maximum absolute atomic E-state index is 13.0. The molecule has 0 aliphatic rings. The summed E-state index contributed by atoms with van der Waals surface area (Å²) in [6, 6.07) is 26.2. The van der Waals surface area contributed by atoms with Crippen LogP contribution < -0.4 is 5.32 Å². The predicted octanol–water partition coefficient (Wildman–Crippen LogP) is 5.16. The number of hydrogen-bond acceptors (Lipinski definition) is 4. The van der Waals surface area contributed by atoms with Crippen LogP contribution in [0.25, 0.3) is 11.5 Å². The summed E-state index contributed by atoms with van der Waals surface area (Å²) in [6.07, 6.45) is 0. The van der Waals surface area contributed by atoms with Crippen LogP contribution in [0.5, 0.6) is 0 Å². The van der Waals surface area contributed by atoms with E-state index in [-0.39, 0.29) is 11.9 Å². The molecule has 0 bridgehead atoms. The number of anilines is 1. The third-order valence-corrected chi connectivity index (χ3v) is 4.53. The Balaban J connectivity index is 1.59. The number of aromatic nitrogens is 2. The van der Waals surface area contributed by atoms with Gasteiger partial charge in [-0.15, -0.1) is 5.10 Å². The molecule has 0 aliphatic carbocycles. The molecule has 5 nitrogen and oxygen atoms in total. The van der Waals surface area contributed by atoms with Gasteiger partial charge in [-0.3, -0.25) is 10.1 Å². The Morgan fingerprint density at radius 1 is 0.821 bits per heavy atom. The lowest BCUT2D eigenvalue weighted by atomic mass is 9.90. The highest BCUT2D eigenvalue weighted by molar-refractivity contribution is 6.30. The molecular weight excluding hydrogens is 374 g/mol. The maximum atomic E-state index is 13.0. The first-order chi connectivity index (χ1) is 13.7. The Bertz CT molecular complexity index is 1020. The summed E-state index contributed by atoms with van der Waals surface area (Å²) in [5.41, 5.74) is 2.48. The second-order valence-corrected chi connectivity index (χ2v) is 6.60. The molecular formula is C22H16ClN3O2. The normalized spacial score (nSPS) is 10.8. The van der Waals surface area contributed by atoms with Crippen molar-refractivity contribution in [3.63, 3.8) is 0 Å². The minimum atomic E-state index is -0.492. The van der Waals surface area contributed by atoms with Gasteiger partial charge in [-0.05, 0) is 35.4 Å². The minimum Gasteiger partial charge on any atom is -0.403 e. The van der Waals surface area contributed by atoms with Gasteiger partial charge in [0, 0.05) is 10.6 Å². The second-order valence-electron chi connectivity index (χ2n) is 6.16. The maximum Gasteiger partial charge on any atom is 0.322 e. The Morgan fingerprint density at radius 2 is 1.39 bits per heavy atom. The van der Waals surface area contributed by atoms with Crippen LogP contribution in [0.3, 0.4) is 0 Å². The molecule has 1 aromatic heterocycles. The number of halogens is 1. The van der Waals surface area contributed by atoms with Gasteiger partial charge in [-0.1, -0.05) is 77.4 Å². The van der Waals surface area contributed by atoms with Crippen LogP contribution in [-0.4, -0.2) is 16.1 Å². The van der Waals surface area contributed by atoms with E-state index < -0.39 is 5.92 Å². The number of carbonyl (C=O) groups excluding carboxylic acids is 1. The molecule has 3 aromatic carbocycles. The monoisotopic (exact) mass is 389 g/mol. The first kappa shape index (κ1) is 17.9. The first-order valence-corrected chi connectivity index (χ1v) is 9.09. The molecule has 0 spiro atoms. The average Bonchev–Trinajstić information content (AvgIpc) is 3.19. The quantitative estimate of drug-likeness (QED) is 0.512. The van der Waals surface area contributed by atoms with Gasteiger partial charge in [0.2, 0.25) is 11.8 Å². The summed E-state index contributed by atoms with van der Waals surface area (Å²) in [5.74, 6) is -0.431. The van der Waals surface area contributed by atoms with Gasteiger partial charge >= 0.3 is 6.01 Å². The zero-order valence-corrected chi connectivity index (χ0v) is 15.5. The topological polar surface area (TPSA) is 68.0 Å². The smallest absolute Gasteiger partial charge is 0.322 e. The number of hydrogen-bond donors (Lipinski definition) is 1. The third-order valence-electron chi connectivity index (χ3n) is 4.27. The van der Waals surface area contributed by atoms with Crippen LogP contribution in [-0.2, 0) is 4.79 Å². The van der Waals surface area contributed by atoms with Crippen molar-refractivity contribution in [3.05, 3.63) is 101 Å². The van der Waals surface area contributed by atoms with Crippen LogP contribution >= 0.6 is 11.6 Å². The van der Waals surface area contributed by atoms with Crippen molar-refractivity contribution in [2.24, 2.45) is 0 Å². The van der Waals surface area contributed by atoms with E-state index in [0.29, 0.717) is 10.9 Å². The lowest BCUT2D eigenvalue weighted by Gasteiger charge is -2.16. The summed E-state index contributed by atoms with van der Waals surface area (Å²) >= 11 is 5.90. The summed E-state index contributed by atoms with van der Waals surface area (Å²) in [6.45, 7) is 0. The fraction of sp³-hybridized carbons (Fsp3) is 0.0455. The SMILES string of the molecule is O=C(Nc1nnc(-c2ccc(Cl)cc2)o1)C(c1ccccc1)c1ccccc1. The molecule has 0 saturated carbocycles. The van der Waals surface area contributed by atoms with Crippen molar-refractivity contribution in [3.8, 4) is 11.5 Å². The molecule has 1 heterocycles. The number of carbonyl (C=O) groups is 1. The number of rotatable bonds is 5. The van der Waals surface area contributed by atoms with Gasteiger partial charge < -0.3 is 4.42 Å². The van der Waals surface area contributed by atoms with Crippen molar-refractivity contribution < 1.29 is 9.21 Å². The van der Waals surface area contributed by atoms with Crippen molar-refractivity contribution in [1.29, 1.82) is 0 Å². The molecule has 0 aliphatic heterocycles. The first-order valence-electron chi connectivity index (χ1n) is 8.71. The number of nitrogens with zero attached hydrogens (tertiary/aromatic N) is 2. The predicted molar refractivity (Wildman–Crippen MR) is 108 cm³/mol. The van der Waals surface area contributed by atoms with Crippen LogP contribution in [0.15, 0.2) is 89.3 Å². The molecule has 0 fully saturated rings. The van der Waals surface area contributed by atoms with E-state index in [0.717, 1.165) is 16.7 Å². The lowest BCUT2D eigenvalue weighted by Crippen LogP contribution is -2.22. The van der Waals surface area contributed by atoms with E-state index in [9.17, 15) is 4.79 Å². The summed E-state index contributed by atoms with van der Waals surface area (Å²) in [5, 5.41) is 11.3. The van der Waals surface area contributed by atoms with E-state index in [1.165, 1.54) is 0 Å². The standard InChI is InChI=1S/C22H16ClN3O2/c23-18-13-11-17(12-14-18)21-25-26-22(28-21)24-20(27)19(15-7-3-1-4-8-15)16-9-5-2-6-10-16/h1-14,19H,(H,24,26,27). The molecule has 1 amide bonds. The van der Waals surface area contributed by atoms with Crippen LogP contribution in [0.4, 0.5) is 6.01 Å². The lowest BCUT2D eigenvalue weighted by molar-refractivity contribution is -0.116. The van der Waals surface area contributed by atoms with Gasteiger partial charge in [0.25, 0.3) is 0 Å². The Hall–Kier alpha value is -3.44. The number of benzene rings is 3. The zero-order chi connectivity index (χ0) is 19.3. The van der Waals surface area contributed by atoms with Gasteiger partial charge in [0.05, 0.1) is 5.92 Å². The van der Waals surface area contributed by atoms with Gasteiger partial charge in [-0.2, -0.15) is 0 Å². The van der Waals surface area contributed by atoms with Crippen molar-refractivity contribution in [2.45, 2.75) is 5.92 Å². The van der Waals surface area contributed by atoms with Crippen molar-refractivity contribution >= 4 is 23.5 Å². The average molecular weight is 390 g/mol. The highest BCUT2D eigenvalue weighted by atomic mass is 35.5. The minimum absolute atomic E-state index is 0.0480. The van der Waals surface area contributed by atoms with Gasteiger partial charge in [0.15, 0.2) is 0 Å². The van der Waals surface area contributed by atoms with Gasteiger partial charge in [0.1, 0.15) is 0 Å². The summed E-state index contributed by atoms with van der Waals surface area (Å²) in [4.78, 5) is 13.0. The molecule has 28 heavy (non-hydrogen) atoms. The molecule has 0 radical (unpaired) electrons. The molecule has 4 aromatic rings. The Morgan fingerprint density at radius 3 is 1.96 bits per heavy atom. The van der Waals surface area contributed by atoms with Crippen LogP contribution in [0.2, 0.25) is 5.02 Å². The fourth-order valence-corrected chi connectivity index (χ4v) is 3.07. The fourth-order valence-electron chi connectivity index (χ4n) is 2.95. The van der Waals surface area contributed by atoms with Crippen LogP contribution in [0.1, 0.15) is 17.0 Å².